The molecule has 4 N–H and O–H groups in total. The molecule has 140 valence electrons. The first-order valence-electron chi connectivity index (χ1n) is 8.95. The summed E-state index contributed by atoms with van der Waals surface area (Å²) in [6, 6.07) is 24.2. The molecule has 0 aliphatic heterocycles. The molecule has 0 heterocycles. The number of ether oxygens (including phenoxy) is 2. The van der Waals surface area contributed by atoms with Crippen LogP contribution in [0.15, 0.2) is 72.8 Å². The third-order valence-corrected chi connectivity index (χ3v) is 4.90. The van der Waals surface area contributed by atoms with Crippen LogP contribution in [0.2, 0.25) is 0 Å². The van der Waals surface area contributed by atoms with Gasteiger partial charge in [-0.3, -0.25) is 0 Å². The van der Waals surface area contributed by atoms with Gasteiger partial charge in [0.05, 0.1) is 19.8 Å². The molecular formula is C23H26N2O2. The van der Waals surface area contributed by atoms with E-state index in [0.717, 1.165) is 34.6 Å². The lowest BCUT2D eigenvalue weighted by Crippen LogP contribution is -2.45. The summed E-state index contributed by atoms with van der Waals surface area (Å²) in [6.45, 7) is 0.337. The van der Waals surface area contributed by atoms with Crippen LogP contribution in [-0.2, 0) is 12.0 Å². The van der Waals surface area contributed by atoms with Gasteiger partial charge in [0, 0.05) is 12.6 Å². The summed E-state index contributed by atoms with van der Waals surface area (Å²) in [5.74, 6) is 1.57. The van der Waals surface area contributed by atoms with Gasteiger partial charge in [0.25, 0.3) is 0 Å². The molecular weight excluding hydrogens is 336 g/mol. The minimum Gasteiger partial charge on any atom is -0.497 e. The smallest absolute Gasteiger partial charge is 0.122 e. The maximum Gasteiger partial charge on any atom is 0.122 e. The molecule has 3 aromatic rings. The summed E-state index contributed by atoms with van der Waals surface area (Å²) < 4.78 is 10.7. The quantitative estimate of drug-likeness (QED) is 0.675. The number of hydrogen-bond acceptors (Lipinski definition) is 4. The van der Waals surface area contributed by atoms with E-state index in [9.17, 15) is 0 Å². The van der Waals surface area contributed by atoms with Gasteiger partial charge in [-0.15, -0.1) is 0 Å². The zero-order valence-corrected chi connectivity index (χ0v) is 15.8. The minimum atomic E-state index is -0.695. The van der Waals surface area contributed by atoms with Crippen molar-refractivity contribution in [3.8, 4) is 11.5 Å². The van der Waals surface area contributed by atoms with E-state index in [0.29, 0.717) is 6.54 Å². The zero-order valence-electron chi connectivity index (χ0n) is 15.8. The Hall–Kier alpha value is -2.82. The largest absolute Gasteiger partial charge is 0.497 e. The Morgan fingerprint density at radius 2 is 1.30 bits per heavy atom. The summed E-state index contributed by atoms with van der Waals surface area (Å²) in [6.07, 6.45) is 0.777. The van der Waals surface area contributed by atoms with E-state index in [4.69, 9.17) is 20.9 Å². The van der Waals surface area contributed by atoms with E-state index in [1.54, 1.807) is 14.2 Å². The van der Waals surface area contributed by atoms with Gasteiger partial charge in [-0.1, -0.05) is 54.6 Å². The van der Waals surface area contributed by atoms with Crippen molar-refractivity contribution in [1.29, 1.82) is 0 Å². The van der Waals surface area contributed by atoms with Crippen LogP contribution < -0.4 is 20.9 Å². The highest BCUT2D eigenvalue weighted by molar-refractivity contribution is 5.43. The zero-order chi connectivity index (χ0) is 19.3. The van der Waals surface area contributed by atoms with Crippen molar-refractivity contribution in [1.82, 2.24) is 0 Å². The fourth-order valence-electron chi connectivity index (χ4n) is 3.26. The number of methoxy groups -OCH3 is 2. The normalized spacial score (nSPS) is 13.0. The molecule has 0 radical (unpaired) electrons. The number of benzene rings is 3. The molecule has 0 aliphatic rings. The Morgan fingerprint density at radius 3 is 1.81 bits per heavy atom. The summed E-state index contributed by atoms with van der Waals surface area (Å²) in [5, 5.41) is 0. The Bertz CT molecular complexity index is 856. The van der Waals surface area contributed by atoms with Gasteiger partial charge >= 0.3 is 0 Å². The minimum absolute atomic E-state index is 0.337. The highest BCUT2D eigenvalue weighted by Crippen LogP contribution is 2.28. The van der Waals surface area contributed by atoms with Gasteiger partial charge in [0.2, 0.25) is 0 Å². The Kier molecular flexibility index (Phi) is 5.79. The fourth-order valence-corrected chi connectivity index (χ4v) is 3.26. The highest BCUT2D eigenvalue weighted by atomic mass is 16.5. The lowest BCUT2D eigenvalue weighted by atomic mass is 9.83. The van der Waals surface area contributed by atoms with Crippen LogP contribution in [-0.4, -0.2) is 20.8 Å². The van der Waals surface area contributed by atoms with Gasteiger partial charge < -0.3 is 20.9 Å². The van der Waals surface area contributed by atoms with Crippen LogP contribution in [0.4, 0.5) is 0 Å². The average molecular weight is 362 g/mol. The molecule has 1 unspecified atom stereocenters. The summed E-state index contributed by atoms with van der Waals surface area (Å²) in [7, 11) is 3.31. The summed E-state index contributed by atoms with van der Waals surface area (Å²) in [4.78, 5) is 0. The second-order valence-corrected chi connectivity index (χ2v) is 6.64. The molecule has 0 spiro atoms. The Morgan fingerprint density at radius 1 is 0.741 bits per heavy atom. The number of nitrogens with two attached hydrogens (primary N) is 2. The molecule has 0 amide bonds. The molecule has 0 aliphatic carbocycles. The molecule has 27 heavy (non-hydrogen) atoms. The van der Waals surface area contributed by atoms with E-state index < -0.39 is 5.54 Å². The second-order valence-electron chi connectivity index (χ2n) is 6.64. The van der Waals surface area contributed by atoms with Gasteiger partial charge in [-0.2, -0.15) is 0 Å². The van der Waals surface area contributed by atoms with Crippen LogP contribution in [0.3, 0.4) is 0 Å². The fraction of sp³-hybridized carbons (Fsp3) is 0.217. The summed E-state index contributed by atoms with van der Waals surface area (Å²) >= 11 is 0. The molecule has 4 nitrogen and oxygen atoms in total. The van der Waals surface area contributed by atoms with Crippen molar-refractivity contribution in [2.75, 3.05) is 20.8 Å². The van der Waals surface area contributed by atoms with Crippen molar-refractivity contribution in [3.05, 3.63) is 95.1 Å². The van der Waals surface area contributed by atoms with E-state index in [2.05, 4.69) is 24.3 Å². The molecule has 0 aromatic heterocycles. The predicted molar refractivity (Wildman–Crippen MR) is 109 cm³/mol. The predicted octanol–water partition coefficient (Wildman–Crippen LogP) is 3.46. The van der Waals surface area contributed by atoms with Crippen LogP contribution in [0.1, 0.15) is 22.3 Å². The van der Waals surface area contributed by atoms with Crippen LogP contribution in [0, 0.1) is 0 Å². The molecule has 0 fully saturated rings. The first-order chi connectivity index (χ1) is 13.1. The average Bonchev–Trinajstić information content (AvgIpc) is 2.74. The van der Waals surface area contributed by atoms with Crippen LogP contribution in [0.25, 0.3) is 0 Å². The third-order valence-electron chi connectivity index (χ3n) is 4.90. The van der Waals surface area contributed by atoms with E-state index >= 15 is 0 Å². The SMILES string of the molecule is COc1cc(Cc2ccc(C(N)(CN)c3ccccc3)cc2)cc(OC)c1. The number of hydrogen-bond donors (Lipinski definition) is 2. The first-order valence-corrected chi connectivity index (χ1v) is 8.95. The molecule has 3 aromatic carbocycles. The van der Waals surface area contributed by atoms with Crippen LogP contribution in [0.5, 0.6) is 11.5 Å². The maximum absolute atomic E-state index is 6.66. The lowest BCUT2D eigenvalue weighted by Gasteiger charge is -2.29. The molecule has 1 atom stereocenters. The third kappa shape index (κ3) is 4.13. The van der Waals surface area contributed by atoms with Crippen molar-refractivity contribution in [3.63, 3.8) is 0 Å². The Labute approximate surface area is 160 Å². The second kappa shape index (κ2) is 8.25. The highest BCUT2D eigenvalue weighted by Gasteiger charge is 2.27. The molecule has 0 bridgehead atoms. The van der Waals surface area contributed by atoms with Gasteiger partial charge in [0.15, 0.2) is 0 Å². The Balaban J connectivity index is 1.85. The monoisotopic (exact) mass is 362 g/mol. The molecule has 3 rings (SSSR count). The topological polar surface area (TPSA) is 70.5 Å². The molecule has 4 heteroatoms. The van der Waals surface area contributed by atoms with Crippen molar-refractivity contribution >= 4 is 0 Å². The van der Waals surface area contributed by atoms with Gasteiger partial charge in [-0.05, 0) is 40.8 Å². The number of rotatable bonds is 7. The van der Waals surface area contributed by atoms with Crippen molar-refractivity contribution in [2.45, 2.75) is 12.0 Å². The molecule has 0 saturated heterocycles. The van der Waals surface area contributed by atoms with Gasteiger partial charge in [-0.25, -0.2) is 0 Å². The van der Waals surface area contributed by atoms with Crippen LogP contribution >= 0.6 is 0 Å². The lowest BCUT2D eigenvalue weighted by molar-refractivity contribution is 0.393. The van der Waals surface area contributed by atoms with Crippen molar-refractivity contribution in [2.24, 2.45) is 11.5 Å². The maximum atomic E-state index is 6.66. The van der Waals surface area contributed by atoms with Gasteiger partial charge in [0.1, 0.15) is 11.5 Å². The van der Waals surface area contributed by atoms with E-state index in [-0.39, 0.29) is 0 Å². The van der Waals surface area contributed by atoms with Crippen molar-refractivity contribution < 1.29 is 9.47 Å². The van der Waals surface area contributed by atoms with E-state index in [1.165, 1.54) is 5.56 Å². The molecule has 0 saturated carbocycles. The van der Waals surface area contributed by atoms with E-state index in [1.807, 2.05) is 48.5 Å². The standard InChI is InChI=1S/C23H26N2O2/c1-26-21-13-18(14-22(15-21)27-2)12-17-8-10-20(11-9-17)23(25,16-24)19-6-4-3-5-7-19/h3-11,13-15H,12,16,24-25H2,1-2H3. The summed E-state index contributed by atoms with van der Waals surface area (Å²) in [5.41, 5.74) is 16.3. The first kappa shape index (κ1) is 19.0.